The monoisotopic (exact) mass is 322 g/mol. The van der Waals surface area contributed by atoms with Gasteiger partial charge < -0.3 is 4.74 Å². The van der Waals surface area contributed by atoms with Crippen molar-refractivity contribution in [3.63, 3.8) is 0 Å². The third-order valence-corrected chi connectivity index (χ3v) is 2.62. The number of esters is 1. The van der Waals surface area contributed by atoms with Gasteiger partial charge in [0.25, 0.3) is 0 Å². The molecular formula is C12H19IO2. The van der Waals surface area contributed by atoms with E-state index in [1.54, 1.807) is 0 Å². The number of methoxy groups -OCH3 is 1. The summed E-state index contributed by atoms with van der Waals surface area (Å²) in [6, 6.07) is 0. The van der Waals surface area contributed by atoms with E-state index < -0.39 is 0 Å². The molecule has 0 unspecified atom stereocenters. The van der Waals surface area contributed by atoms with Crippen LogP contribution in [0.15, 0.2) is 22.3 Å². The molecule has 0 spiro atoms. The van der Waals surface area contributed by atoms with E-state index in [4.69, 9.17) is 0 Å². The lowest BCUT2D eigenvalue weighted by molar-refractivity contribution is -0.140. The molecule has 0 saturated heterocycles. The van der Waals surface area contributed by atoms with Gasteiger partial charge in [0, 0.05) is 6.42 Å². The maximum atomic E-state index is 10.8. The average molecular weight is 322 g/mol. The summed E-state index contributed by atoms with van der Waals surface area (Å²) in [6.45, 7) is 6.03. The van der Waals surface area contributed by atoms with Gasteiger partial charge in [-0.3, -0.25) is 4.79 Å². The summed E-state index contributed by atoms with van der Waals surface area (Å²) in [5, 5.41) is 0. The molecule has 0 aliphatic carbocycles. The van der Waals surface area contributed by atoms with E-state index in [-0.39, 0.29) is 5.97 Å². The van der Waals surface area contributed by atoms with Gasteiger partial charge in [0.15, 0.2) is 0 Å². The van der Waals surface area contributed by atoms with Crippen molar-refractivity contribution in [1.82, 2.24) is 0 Å². The topological polar surface area (TPSA) is 26.3 Å². The molecule has 1 atom stereocenters. The van der Waals surface area contributed by atoms with Gasteiger partial charge in [0.1, 0.15) is 0 Å². The molecule has 0 rings (SSSR count). The molecule has 0 aromatic carbocycles. The fourth-order valence-corrected chi connectivity index (χ4v) is 1.42. The van der Waals surface area contributed by atoms with E-state index >= 15 is 0 Å². The molecular weight excluding hydrogens is 303 g/mol. The van der Waals surface area contributed by atoms with Crippen molar-refractivity contribution in [2.24, 2.45) is 5.92 Å². The Balaban J connectivity index is 3.58. The van der Waals surface area contributed by atoms with Crippen LogP contribution >= 0.6 is 22.6 Å². The number of hydrogen-bond acceptors (Lipinski definition) is 2. The quantitative estimate of drug-likeness (QED) is 0.404. The highest BCUT2D eigenvalue weighted by molar-refractivity contribution is 14.1. The Bertz CT molecular complexity index is 234. The molecule has 0 bridgehead atoms. The first-order chi connectivity index (χ1) is 7.06. The first-order valence-corrected chi connectivity index (χ1v) is 6.21. The van der Waals surface area contributed by atoms with E-state index in [1.807, 2.05) is 0 Å². The van der Waals surface area contributed by atoms with Gasteiger partial charge in [0.05, 0.1) is 7.11 Å². The second-order valence-corrected chi connectivity index (χ2v) is 5.10. The van der Waals surface area contributed by atoms with Gasteiger partial charge in [-0.2, -0.15) is 0 Å². The van der Waals surface area contributed by atoms with Crippen LogP contribution in [0.25, 0.3) is 0 Å². The third-order valence-electron chi connectivity index (χ3n) is 2.08. The van der Waals surface area contributed by atoms with Crippen LogP contribution in [0, 0.1) is 5.92 Å². The Morgan fingerprint density at radius 1 is 1.53 bits per heavy atom. The van der Waals surface area contributed by atoms with Crippen molar-refractivity contribution in [2.45, 2.75) is 32.6 Å². The lowest BCUT2D eigenvalue weighted by Crippen LogP contribution is -1.98. The van der Waals surface area contributed by atoms with Gasteiger partial charge in [-0.1, -0.05) is 25.7 Å². The lowest BCUT2D eigenvalue weighted by Gasteiger charge is -2.04. The van der Waals surface area contributed by atoms with E-state index in [2.05, 4.69) is 53.0 Å². The Kier molecular flexibility index (Phi) is 8.76. The zero-order valence-electron chi connectivity index (χ0n) is 9.46. The number of carbonyl (C=O) groups is 1. The molecule has 0 radical (unpaired) electrons. The highest BCUT2D eigenvalue weighted by Crippen LogP contribution is 2.16. The fourth-order valence-electron chi connectivity index (χ4n) is 1.11. The predicted molar refractivity (Wildman–Crippen MR) is 71.9 cm³/mol. The van der Waals surface area contributed by atoms with Crippen molar-refractivity contribution in [3.05, 3.63) is 22.3 Å². The van der Waals surface area contributed by atoms with E-state index in [0.717, 1.165) is 19.3 Å². The van der Waals surface area contributed by atoms with Crippen molar-refractivity contribution in [2.75, 3.05) is 7.11 Å². The molecule has 0 fully saturated rings. The Labute approximate surface area is 106 Å². The van der Waals surface area contributed by atoms with E-state index in [9.17, 15) is 4.79 Å². The molecule has 0 N–H and O–H groups in total. The maximum Gasteiger partial charge on any atom is 0.305 e. The van der Waals surface area contributed by atoms with Crippen LogP contribution < -0.4 is 0 Å². The van der Waals surface area contributed by atoms with Crippen LogP contribution in [-0.4, -0.2) is 13.1 Å². The van der Waals surface area contributed by atoms with Crippen LogP contribution in [0.5, 0.6) is 0 Å². The van der Waals surface area contributed by atoms with Crippen molar-refractivity contribution >= 4 is 28.6 Å². The molecule has 0 aliphatic heterocycles. The number of rotatable bonds is 7. The molecule has 0 saturated carbocycles. The zero-order chi connectivity index (χ0) is 11.7. The van der Waals surface area contributed by atoms with Gasteiger partial charge in [-0.15, -0.1) is 0 Å². The largest absolute Gasteiger partial charge is 0.469 e. The lowest BCUT2D eigenvalue weighted by atomic mass is 10.0. The van der Waals surface area contributed by atoms with E-state index in [1.165, 1.54) is 10.7 Å². The van der Waals surface area contributed by atoms with Gasteiger partial charge in [-0.25, -0.2) is 0 Å². The maximum absolute atomic E-state index is 10.8. The number of carbonyl (C=O) groups excluding carboxylic acids is 1. The van der Waals surface area contributed by atoms with Crippen LogP contribution in [0.1, 0.15) is 32.6 Å². The minimum absolute atomic E-state index is 0.145. The molecule has 0 amide bonds. The summed E-state index contributed by atoms with van der Waals surface area (Å²) in [5.41, 5.74) is 0. The minimum atomic E-state index is -0.145. The molecule has 86 valence electrons. The third kappa shape index (κ3) is 9.97. The first-order valence-electron chi connectivity index (χ1n) is 5.13. The summed E-state index contributed by atoms with van der Waals surface area (Å²) in [7, 11) is 1.42. The Morgan fingerprint density at radius 2 is 2.20 bits per heavy atom. The number of allylic oxidation sites excluding steroid dienone is 3. The normalized spacial score (nSPS) is 12.7. The molecule has 0 aromatic heterocycles. The first kappa shape index (κ1) is 14.7. The van der Waals surface area contributed by atoms with Crippen molar-refractivity contribution in [3.8, 4) is 0 Å². The highest BCUT2D eigenvalue weighted by Gasteiger charge is 1.99. The summed E-state index contributed by atoms with van der Waals surface area (Å²) in [4.78, 5) is 10.8. The van der Waals surface area contributed by atoms with Gasteiger partial charge in [0.2, 0.25) is 0 Å². The number of ether oxygens (including phenoxy) is 1. The van der Waals surface area contributed by atoms with Crippen LogP contribution in [0.2, 0.25) is 0 Å². The van der Waals surface area contributed by atoms with Crippen molar-refractivity contribution < 1.29 is 9.53 Å². The molecule has 2 nitrogen and oxygen atoms in total. The van der Waals surface area contributed by atoms with Crippen LogP contribution in [0.4, 0.5) is 0 Å². The predicted octanol–water partition coefficient (Wildman–Crippen LogP) is 3.86. The zero-order valence-corrected chi connectivity index (χ0v) is 11.6. The van der Waals surface area contributed by atoms with Crippen molar-refractivity contribution in [1.29, 1.82) is 0 Å². The summed E-state index contributed by atoms with van der Waals surface area (Å²) in [5.74, 6) is 0.405. The fraction of sp³-hybridized carbons (Fsp3) is 0.583. The smallest absolute Gasteiger partial charge is 0.305 e. The second-order valence-electron chi connectivity index (χ2n) is 3.58. The standard InChI is InChI=1S/C12H19IO2/c1-10(8-9-11(2)13)6-4-5-7-12(14)15-3/h4,6,10H,2,5,7-9H2,1,3H3/b6-4+/t10-/m1/s1. The molecule has 0 aliphatic rings. The SMILES string of the molecule is C=C(I)CC[C@H](C)/C=C/CCC(=O)OC. The minimum Gasteiger partial charge on any atom is -0.469 e. The summed E-state index contributed by atoms with van der Waals surface area (Å²) < 4.78 is 5.75. The Morgan fingerprint density at radius 3 is 2.73 bits per heavy atom. The molecule has 3 heteroatoms. The van der Waals surface area contributed by atoms with Gasteiger partial charge in [-0.05, 0) is 51.4 Å². The van der Waals surface area contributed by atoms with Crippen LogP contribution in [0.3, 0.4) is 0 Å². The highest BCUT2D eigenvalue weighted by atomic mass is 127. The van der Waals surface area contributed by atoms with E-state index in [0.29, 0.717) is 12.3 Å². The summed E-state index contributed by atoms with van der Waals surface area (Å²) in [6.07, 6.45) is 7.63. The van der Waals surface area contributed by atoms with Gasteiger partial charge >= 0.3 is 5.97 Å². The van der Waals surface area contributed by atoms with Crippen LogP contribution in [-0.2, 0) is 9.53 Å². The average Bonchev–Trinajstić information content (AvgIpc) is 2.21. The molecule has 0 aromatic rings. The Hall–Kier alpha value is -0.320. The summed E-state index contributed by atoms with van der Waals surface area (Å²) >= 11 is 2.25. The second kappa shape index (κ2) is 8.95. The molecule has 15 heavy (non-hydrogen) atoms. The number of halogens is 1. The molecule has 0 heterocycles. The number of hydrogen-bond donors (Lipinski definition) is 0.